The van der Waals surface area contributed by atoms with Crippen molar-refractivity contribution in [2.45, 2.75) is 13.3 Å². The molecule has 0 saturated heterocycles. The number of amides is 1. The summed E-state index contributed by atoms with van der Waals surface area (Å²) in [6.45, 7) is 2.23. The SMILES string of the molecule is Cc1cc(Cl)ccc1NCCC(=O)Nc1c(F)cccc1F. The van der Waals surface area contributed by atoms with Crippen LogP contribution in [0.3, 0.4) is 0 Å². The summed E-state index contributed by atoms with van der Waals surface area (Å²) >= 11 is 5.86. The average Bonchev–Trinajstić information content (AvgIpc) is 2.45. The monoisotopic (exact) mass is 324 g/mol. The van der Waals surface area contributed by atoms with Crippen LogP contribution in [0.25, 0.3) is 0 Å². The number of aryl methyl sites for hydroxylation is 1. The molecule has 0 aliphatic carbocycles. The van der Waals surface area contributed by atoms with Gasteiger partial charge in [0.2, 0.25) is 5.91 Å². The summed E-state index contributed by atoms with van der Waals surface area (Å²) in [5, 5.41) is 5.95. The second kappa shape index (κ2) is 7.22. The third kappa shape index (κ3) is 4.18. The summed E-state index contributed by atoms with van der Waals surface area (Å²) in [5.41, 5.74) is 1.39. The summed E-state index contributed by atoms with van der Waals surface area (Å²) in [6.07, 6.45) is 0.0792. The molecule has 0 atom stereocenters. The fourth-order valence-corrected chi connectivity index (χ4v) is 2.18. The predicted molar refractivity (Wildman–Crippen MR) is 84.3 cm³/mol. The number of para-hydroxylation sites is 1. The molecule has 2 aromatic rings. The van der Waals surface area contributed by atoms with Crippen LogP contribution in [-0.2, 0) is 4.79 Å². The van der Waals surface area contributed by atoms with E-state index >= 15 is 0 Å². The molecular weight excluding hydrogens is 310 g/mol. The van der Waals surface area contributed by atoms with Crippen LogP contribution in [0, 0.1) is 18.6 Å². The molecule has 0 radical (unpaired) electrons. The van der Waals surface area contributed by atoms with Gasteiger partial charge in [-0.15, -0.1) is 0 Å². The maximum absolute atomic E-state index is 13.4. The zero-order valence-corrected chi connectivity index (χ0v) is 12.7. The third-order valence-corrected chi connectivity index (χ3v) is 3.32. The summed E-state index contributed by atoms with van der Waals surface area (Å²) < 4.78 is 26.8. The topological polar surface area (TPSA) is 41.1 Å². The highest BCUT2D eigenvalue weighted by molar-refractivity contribution is 6.30. The largest absolute Gasteiger partial charge is 0.384 e. The van der Waals surface area contributed by atoms with Crippen LogP contribution < -0.4 is 10.6 Å². The normalized spacial score (nSPS) is 10.4. The van der Waals surface area contributed by atoms with E-state index in [0.29, 0.717) is 11.6 Å². The van der Waals surface area contributed by atoms with Crippen LogP contribution in [-0.4, -0.2) is 12.5 Å². The van der Waals surface area contributed by atoms with Gasteiger partial charge in [0.15, 0.2) is 0 Å². The highest BCUT2D eigenvalue weighted by Gasteiger charge is 2.11. The van der Waals surface area contributed by atoms with E-state index in [-0.39, 0.29) is 6.42 Å². The Morgan fingerprint density at radius 2 is 1.86 bits per heavy atom. The van der Waals surface area contributed by atoms with E-state index in [0.717, 1.165) is 23.4 Å². The Morgan fingerprint density at radius 1 is 1.18 bits per heavy atom. The maximum atomic E-state index is 13.4. The Kier molecular flexibility index (Phi) is 5.33. The molecule has 0 saturated carbocycles. The standard InChI is InChI=1S/C16H15ClF2N2O/c1-10-9-11(17)5-6-14(10)20-8-7-15(22)21-16-12(18)3-2-4-13(16)19/h2-6,9,20H,7-8H2,1H3,(H,21,22). The van der Waals surface area contributed by atoms with Crippen molar-refractivity contribution in [1.82, 2.24) is 0 Å². The first-order valence-electron chi connectivity index (χ1n) is 6.71. The van der Waals surface area contributed by atoms with E-state index in [9.17, 15) is 13.6 Å². The van der Waals surface area contributed by atoms with Crippen LogP contribution in [0.1, 0.15) is 12.0 Å². The number of rotatable bonds is 5. The Hall–Kier alpha value is -2.14. The predicted octanol–water partition coefficient (Wildman–Crippen LogP) is 4.37. The lowest BCUT2D eigenvalue weighted by atomic mass is 10.2. The number of benzene rings is 2. The fraction of sp³-hybridized carbons (Fsp3) is 0.188. The Morgan fingerprint density at radius 3 is 2.50 bits per heavy atom. The second-order valence-electron chi connectivity index (χ2n) is 4.78. The number of hydrogen-bond donors (Lipinski definition) is 2. The van der Waals surface area contributed by atoms with E-state index in [1.165, 1.54) is 6.07 Å². The van der Waals surface area contributed by atoms with Crippen LogP contribution in [0.2, 0.25) is 5.02 Å². The molecule has 0 heterocycles. The average molecular weight is 325 g/mol. The molecule has 1 amide bonds. The third-order valence-electron chi connectivity index (χ3n) is 3.08. The first kappa shape index (κ1) is 16.2. The molecule has 0 fully saturated rings. The van der Waals surface area contributed by atoms with Crippen LogP contribution in [0.15, 0.2) is 36.4 Å². The van der Waals surface area contributed by atoms with Gasteiger partial charge in [0.1, 0.15) is 17.3 Å². The van der Waals surface area contributed by atoms with Gasteiger partial charge in [0, 0.05) is 23.7 Å². The molecule has 0 bridgehead atoms. The van der Waals surface area contributed by atoms with E-state index in [2.05, 4.69) is 10.6 Å². The van der Waals surface area contributed by atoms with E-state index in [1.54, 1.807) is 12.1 Å². The minimum atomic E-state index is -0.796. The minimum Gasteiger partial charge on any atom is -0.384 e. The first-order chi connectivity index (χ1) is 10.5. The first-order valence-corrected chi connectivity index (χ1v) is 7.09. The van der Waals surface area contributed by atoms with Gasteiger partial charge in [-0.25, -0.2) is 8.78 Å². The molecule has 22 heavy (non-hydrogen) atoms. The van der Waals surface area contributed by atoms with Crippen molar-refractivity contribution in [2.24, 2.45) is 0 Å². The highest BCUT2D eigenvalue weighted by atomic mass is 35.5. The molecule has 3 nitrogen and oxygen atoms in total. The van der Waals surface area contributed by atoms with Gasteiger partial charge in [-0.3, -0.25) is 4.79 Å². The highest BCUT2D eigenvalue weighted by Crippen LogP contribution is 2.20. The molecule has 116 valence electrons. The molecule has 2 aromatic carbocycles. The number of anilines is 2. The maximum Gasteiger partial charge on any atom is 0.226 e. The van der Waals surface area contributed by atoms with Crippen molar-refractivity contribution >= 4 is 28.9 Å². The number of carbonyl (C=O) groups is 1. The van der Waals surface area contributed by atoms with Crippen molar-refractivity contribution in [3.63, 3.8) is 0 Å². The minimum absolute atomic E-state index is 0.0792. The van der Waals surface area contributed by atoms with Crippen LogP contribution in [0.4, 0.5) is 20.2 Å². The van der Waals surface area contributed by atoms with Crippen LogP contribution in [0.5, 0.6) is 0 Å². The van der Waals surface area contributed by atoms with Gasteiger partial charge >= 0.3 is 0 Å². The Labute approximate surface area is 132 Å². The number of halogens is 3. The quantitative estimate of drug-likeness (QED) is 0.857. The zero-order valence-electron chi connectivity index (χ0n) is 11.9. The molecule has 2 rings (SSSR count). The van der Waals surface area contributed by atoms with Crippen molar-refractivity contribution in [3.8, 4) is 0 Å². The molecule has 0 unspecified atom stereocenters. The molecule has 0 aromatic heterocycles. The molecule has 6 heteroatoms. The van der Waals surface area contributed by atoms with Gasteiger partial charge < -0.3 is 10.6 Å². The van der Waals surface area contributed by atoms with Gasteiger partial charge in [-0.05, 0) is 42.8 Å². The molecule has 2 N–H and O–H groups in total. The lowest BCUT2D eigenvalue weighted by molar-refractivity contribution is -0.116. The molecule has 0 aliphatic heterocycles. The zero-order chi connectivity index (χ0) is 16.1. The molecule has 0 spiro atoms. The van der Waals surface area contributed by atoms with Crippen LogP contribution >= 0.6 is 11.6 Å². The van der Waals surface area contributed by atoms with Crippen molar-refractivity contribution in [2.75, 3.05) is 17.2 Å². The van der Waals surface area contributed by atoms with Gasteiger partial charge in [0.05, 0.1) is 0 Å². The summed E-state index contributed by atoms with van der Waals surface area (Å²) in [6, 6.07) is 8.78. The molecular formula is C16H15ClF2N2O. The van der Waals surface area contributed by atoms with Gasteiger partial charge in [-0.2, -0.15) is 0 Å². The molecule has 0 aliphatic rings. The smallest absolute Gasteiger partial charge is 0.226 e. The van der Waals surface area contributed by atoms with E-state index in [4.69, 9.17) is 11.6 Å². The number of carbonyl (C=O) groups excluding carboxylic acids is 1. The van der Waals surface area contributed by atoms with Gasteiger partial charge in [-0.1, -0.05) is 17.7 Å². The van der Waals surface area contributed by atoms with Gasteiger partial charge in [0.25, 0.3) is 0 Å². The fourth-order valence-electron chi connectivity index (χ4n) is 1.96. The van der Waals surface area contributed by atoms with Crippen molar-refractivity contribution in [1.29, 1.82) is 0 Å². The second-order valence-corrected chi connectivity index (χ2v) is 5.22. The summed E-state index contributed by atoms with van der Waals surface area (Å²) in [7, 11) is 0. The Balaban J connectivity index is 1.88. The van der Waals surface area contributed by atoms with Crippen molar-refractivity contribution in [3.05, 3.63) is 58.6 Å². The number of nitrogens with one attached hydrogen (secondary N) is 2. The number of hydrogen-bond acceptors (Lipinski definition) is 2. The van der Waals surface area contributed by atoms with E-state index < -0.39 is 23.2 Å². The summed E-state index contributed by atoms with van der Waals surface area (Å²) in [4.78, 5) is 11.7. The van der Waals surface area contributed by atoms with Crippen molar-refractivity contribution < 1.29 is 13.6 Å². The van der Waals surface area contributed by atoms with E-state index in [1.807, 2.05) is 13.0 Å². The lowest BCUT2D eigenvalue weighted by Gasteiger charge is -2.10. The Bertz CT molecular complexity index is 672. The lowest BCUT2D eigenvalue weighted by Crippen LogP contribution is -2.18. The summed E-state index contributed by atoms with van der Waals surface area (Å²) in [5.74, 6) is -2.06.